The zero-order valence-corrected chi connectivity index (χ0v) is 14.6. The number of hydrogen-bond acceptors (Lipinski definition) is 6. The molecule has 2 aliphatic heterocycles. The molecule has 138 valence electrons. The fraction of sp³-hybridized carbons (Fsp3) is 0.316. The number of aromatic nitrogens is 3. The van der Waals surface area contributed by atoms with Gasteiger partial charge in [0.15, 0.2) is 11.5 Å². The van der Waals surface area contributed by atoms with Crippen LogP contribution in [0.15, 0.2) is 41.1 Å². The Kier molecular flexibility index (Phi) is 3.81. The second kappa shape index (κ2) is 6.46. The number of nitrogens with zero attached hydrogens (tertiary/aromatic N) is 3. The number of carbonyl (C=O) groups is 1. The smallest absolute Gasteiger partial charge is 0.270 e. The SMILES string of the molecule is O=C(c1ccc[nH]1)N1CCC(c2nc(-c3ccc4c(c3)OCO4)no2)CC1. The van der Waals surface area contributed by atoms with Gasteiger partial charge in [-0.2, -0.15) is 4.98 Å². The van der Waals surface area contributed by atoms with Crippen molar-refractivity contribution in [2.75, 3.05) is 19.9 Å². The first kappa shape index (κ1) is 15.9. The van der Waals surface area contributed by atoms with E-state index in [4.69, 9.17) is 14.0 Å². The molecule has 0 atom stereocenters. The summed E-state index contributed by atoms with van der Waals surface area (Å²) in [5, 5.41) is 4.11. The van der Waals surface area contributed by atoms with Crippen molar-refractivity contribution in [3.8, 4) is 22.9 Å². The van der Waals surface area contributed by atoms with E-state index in [1.807, 2.05) is 29.2 Å². The van der Waals surface area contributed by atoms with Crippen LogP contribution in [0.4, 0.5) is 0 Å². The molecular formula is C19H18N4O4. The van der Waals surface area contributed by atoms with Crippen molar-refractivity contribution >= 4 is 5.91 Å². The normalized spacial score (nSPS) is 16.7. The second-order valence-electron chi connectivity index (χ2n) is 6.67. The van der Waals surface area contributed by atoms with Crippen LogP contribution in [0.1, 0.15) is 35.1 Å². The number of piperidine rings is 1. The van der Waals surface area contributed by atoms with Gasteiger partial charge in [0.1, 0.15) is 5.69 Å². The summed E-state index contributed by atoms with van der Waals surface area (Å²) in [4.78, 5) is 21.8. The van der Waals surface area contributed by atoms with Crippen LogP contribution >= 0.6 is 0 Å². The Balaban J connectivity index is 1.27. The average molecular weight is 366 g/mol. The van der Waals surface area contributed by atoms with Gasteiger partial charge in [-0.1, -0.05) is 5.16 Å². The zero-order valence-electron chi connectivity index (χ0n) is 14.6. The van der Waals surface area contributed by atoms with Gasteiger partial charge in [-0.05, 0) is 43.2 Å². The largest absolute Gasteiger partial charge is 0.454 e. The lowest BCUT2D eigenvalue weighted by molar-refractivity contribution is 0.0699. The molecule has 4 heterocycles. The molecule has 5 rings (SSSR count). The van der Waals surface area contributed by atoms with Crippen LogP contribution in [0.5, 0.6) is 11.5 Å². The fourth-order valence-electron chi connectivity index (χ4n) is 3.52. The van der Waals surface area contributed by atoms with Gasteiger partial charge in [-0.25, -0.2) is 0 Å². The molecule has 1 fully saturated rings. The van der Waals surface area contributed by atoms with Crippen molar-refractivity contribution in [3.63, 3.8) is 0 Å². The van der Waals surface area contributed by atoms with Crippen molar-refractivity contribution in [1.82, 2.24) is 20.0 Å². The van der Waals surface area contributed by atoms with E-state index in [0.717, 1.165) is 24.2 Å². The molecule has 1 N–H and O–H groups in total. The maximum absolute atomic E-state index is 12.4. The van der Waals surface area contributed by atoms with E-state index in [-0.39, 0.29) is 18.6 Å². The first-order valence-corrected chi connectivity index (χ1v) is 8.94. The monoisotopic (exact) mass is 366 g/mol. The summed E-state index contributed by atoms with van der Waals surface area (Å²) in [5.41, 5.74) is 1.45. The van der Waals surface area contributed by atoms with Crippen LogP contribution < -0.4 is 9.47 Å². The molecule has 27 heavy (non-hydrogen) atoms. The highest BCUT2D eigenvalue weighted by molar-refractivity contribution is 5.92. The van der Waals surface area contributed by atoms with Crippen LogP contribution in [0, 0.1) is 0 Å². The van der Waals surface area contributed by atoms with Gasteiger partial charge in [-0.15, -0.1) is 0 Å². The van der Waals surface area contributed by atoms with Gasteiger partial charge >= 0.3 is 0 Å². The molecular weight excluding hydrogens is 348 g/mol. The maximum atomic E-state index is 12.4. The molecule has 8 nitrogen and oxygen atoms in total. The van der Waals surface area contributed by atoms with Crippen LogP contribution in [0.3, 0.4) is 0 Å². The Morgan fingerprint density at radius 2 is 2.00 bits per heavy atom. The van der Waals surface area contributed by atoms with E-state index in [1.165, 1.54) is 0 Å². The summed E-state index contributed by atoms with van der Waals surface area (Å²) >= 11 is 0. The van der Waals surface area contributed by atoms with Gasteiger partial charge in [0, 0.05) is 30.8 Å². The molecule has 1 aromatic carbocycles. The molecule has 2 aromatic heterocycles. The van der Waals surface area contributed by atoms with Crippen molar-refractivity contribution < 1.29 is 18.8 Å². The number of rotatable bonds is 3. The number of ether oxygens (including phenoxy) is 2. The molecule has 2 aliphatic rings. The molecule has 8 heteroatoms. The van der Waals surface area contributed by atoms with Crippen LogP contribution in [0.25, 0.3) is 11.4 Å². The number of fused-ring (bicyclic) bond motifs is 1. The third kappa shape index (κ3) is 2.92. The maximum Gasteiger partial charge on any atom is 0.270 e. The van der Waals surface area contributed by atoms with Gasteiger partial charge < -0.3 is 23.9 Å². The molecule has 0 spiro atoms. The standard InChI is InChI=1S/C19H18N4O4/c24-19(14-2-1-7-20-14)23-8-5-12(6-9-23)18-21-17(22-27-18)13-3-4-15-16(10-13)26-11-25-15/h1-4,7,10,12,20H,5-6,8-9,11H2. The number of amides is 1. The third-order valence-electron chi connectivity index (χ3n) is 5.03. The quantitative estimate of drug-likeness (QED) is 0.766. The lowest BCUT2D eigenvalue weighted by Gasteiger charge is -2.30. The van der Waals surface area contributed by atoms with E-state index in [0.29, 0.717) is 36.2 Å². The fourth-order valence-corrected chi connectivity index (χ4v) is 3.52. The highest BCUT2D eigenvalue weighted by Gasteiger charge is 2.28. The highest BCUT2D eigenvalue weighted by atomic mass is 16.7. The first-order valence-electron chi connectivity index (χ1n) is 8.94. The van der Waals surface area contributed by atoms with Crippen molar-refractivity contribution in [3.05, 3.63) is 48.1 Å². The van der Waals surface area contributed by atoms with Crippen LogP contribution in [-0.2, 0) is 0 Å². The average Bonchev–Trinajstić information content (AvgIpc) is 3.48. The highest BCUT2D eigenvalue weighted by Crippen LogP contribution is 2.36. The summed E-state index contributed by atoms with van der Waals surface area (Å²) in [5.74, 6) is 2.76. The Morgan fingerprint density at radius 3 is 2.81 bits per heavy atom. The topological polar surface area (TPSA) is 93.5 Å². The lowest BCUT2D eigenvalue weighted by Crippen LogP contribution is -2.38. The minimum atomic E-state index is 0.0324. The molecule has 1 amide bonds. The van der Waals surface area contributed by atoms with Gasteiger partial charge in [0.2, 0.25) is 18.5 Å². The van der Waals surface area contributed by atoms with Crippen LogP contribution in [-0.4, -0.2) is 45.8 Å². The Labute approximate surface area is 155 Å². The number of H-pyrrole nitrogens is 1. The van der Waals surface area contributed by atoms with Crippen molar-refractivity contribution in [2.24, 2.45) is 0 Å². The summed E-state index contributed by atoms with van der Waals surface area (Å²) in [6, 6.07) is 9.22. The predicted molar refractivity (Wildman–Crippen MR) is 94.5 cm³/mol. The molecule has 0 aliphatic carbocycles. The lowest BCUT2D eigenvalue weighted by atomic mass is 9.96. The number of likely N-dealkylation sites (tertiary alicyclic amines) is 1. The molecule has 3 aromatic rings. The van der Waals surface area contributed by atoms with E-state index in [1.54, 1.807) is 12.3 Å². The minimum Gasteiger partial charge on any atom is -0.454 e. The van der Waals surface area contributed by atoms with Crippen molar-refractivity contribution in [2.45, 2.75) is 18.8 Å². The number of carbonyl (C=O) groups excluding carboxylic acids is 1. The van der Waals surface area contributed by atoms with Crippen molar-refractivity contribution in [1.29, 1.82) is 0 Å². The molecule has 1 saturated heterocycles. The first-order chi connectivity index (χ1) is 13.3. The summed E-state index contributed by atoms with van der Waals surface area (Å²) in [6.45, 7) is 1.57. The zero-order chi connectivity index (χ0) is 18.2. The summed E-state index contributed by atoms with van der Waals surface area (Å²) < 4.78 is 16.2. The van der Waals surface area contributed by atoms with E-state index >= 15 is 0 Å². The number of hydrogen-bond donors (Lipinski definition) is 1. The summed E-state index contributed by atoms with van der Waals surface area (Å²) in [7, 11) is 0. The van der Waals surface area contributed by atoms with Gasteiger partial charge in [-0.3, -0.25) is 4.79 Å². The molecule has 0 bridgehead atoms. The van der Waals surface area contributed by atoms with Gasteiger partial charge in [0.05, 0.1) is 0 Å². The molecule has 0 saturated carbocycles. The molecule has 0 radical (unpaired) electrons. The second-order valence-corrected chi connectivity index (χ2v) is 6.67. The minimum absolute atomic E-state index is 0.0324. The number of aromatic amines is 1. The number of benzene rings is 1. The van der Waals surface area contributed by atoms with Gasteiger partial charge in [0.25, 0.3) is 5.91 Å². The Hall–Kier alpha value is -3.29. The number of nitrogens with one attached hydrogen (secondary N) is 1. The predicted octanol–water partition coefficient (Wildman–Crippen LogP) is 2.81. The Bertz CT molecular complexity index is 958. The van der Waals surface area contributed by atoms with E-state index < -0.39 is 0 Å². The Morgan fingerprint density at radius 1 is 1.15 bits per heavy atom. The molecule has 0 unspecified atom stereocenters. The van der Waals surface area contributed by atoms with E-state index in [2.05, 4.69) is 15.1 Å². The summed E-state index contributed by atoms with van der Waals surface area (Å²) in [6.07, 6.45) is 3.36. The van der Waals surface area contributed by atoms with E-state index in [9.17, 15) is 4.79 Å². The van der Waals surface area contributed by atoms with Crippen LogP contribution in [0.2, 0.25) is 0 Å². The third-order valence-corrected chi connectivity index (χ3v) is 5.03.